The Hall–Kier alpha value is -0.570. The molecule has 2 aliphatic rings. The second-order valence-corrected chi connectivity index (χ2v) is 8.28. The zero-order valence-electron chi connectivity index (χ0n) is 14.1. The summed E-state index contributed by atoms with van der Waals surface area (Å²) in [6.07, 6.45) is 11.9. The minimum absolute atomic E-state index is 0.173. The molecular formula is C20H28BrFO. The summed E-state index contributed by atoms with van der Waals surface area (Å²) >= 11 is 3.24. The van der Waals surface area contributed by atoms with Crippen molar-refractivity contribution >= 4 is 15.9 Å². The number of benzene rings is 1. The van der Waals surface area contributed by atoms with E-state index < -0.39 is 0 Å². The van der Waals surface area contributed by atoms with Gasteiger partial charge in [-0.3, -0.25) is 0 Å². The van der Waals surface area contributed by atoms with Crippen LogP contribution in [0.15, 0.2) is 16.6 Å². The van der Waals surface area contributed by atoms with Crippen LogP contribution in [0.25, 0.3) is 0 Å². The number of ether oxygens (including phenoxy) is 1. The molecule has 0 saturated heterocycles. The monoisotopic (exact) mass is 382 g/mol. The molecule has 0 aromatic heterocycles. The first-order valence-electron chi connectivity index (χ1n) is 9.28. The molecule has 3 rings (SSSR count). The molecule has 0 radical (unpaired) electrons. The Labute approximate surface area is 148 Å². The lowest BCUT2D eigenvalue weighted by Gasteiger charge is -2.36. The minimum Gasteiger partial charge on any atom is -0.493 e. The molecule has 128 valence electrons. The number of fused-ring (bicyclic) bond motifs is 1. The molecule has 0 spiro atoms. The van der Waals surface area contributed by atoms with Gasteiger partial charge in [0.25, 0.3) is 0 Å². The highest BCUT2D eigenvalue weighted by molar-refractivity contribution is 9.10. The maximum absolute atomic E-state index is 13.8. The summed E-state index contributed by atoms with van der Waals surface area (Å²) < 4.78 is 20.2. The van der Waals surface area contributed by atoms with Gasteiger partial charge in [-0.15, -0.1) is 0 Å². The van der Waals surface area contributed by atoms with Crippen molar-refractivity contribution in [2.75, 3.05) is 6.61 Å². The van der Waals surface area contributed by atoms with Gasteiger partial charge >= 0.3 is 0 Å². The summed E-state index contributed by atoms with van der Waals surface area (Å²) in [7, 11) is 0. The molecule has 1 aromatic rings. The van der Waals surface area contributed by atoms with Crippen molar-refractivity contribution in [2.24, 2.45) is 17.8 Å². The first-order valence-corrected chi connectivity index (χ1v) is 10.1. The van der Waals surface area contributed by atoms with E-state index in [1.165, 1.54) is 51.4 Å². The van der Waals surface area contributed by atoms with Crippen LogP contribution in [0.1, 0.15) is 63.9 Å². The topological polar surface area (TPSA) is 9.23 Å². The maximum Gasteiger partial charge on any atom is 0.137 e. The fourth-order valence-electron chi connectivity index (χ4n) is 4.34. The van der Waals surface area contributed by atoms with Gasteiger partial charge in [0, 0.05) is 0 Å². The largest absolute Gasteiger partial charge is 0.493 e. The zero-order chi connectivity index (χ0) is 16.2. The van der Waals surface area contributed by atoms with Gasteiger partial charge < -0.3 is 4.74 Å². The average molecular weight is 383 g/mol. The molecule has 3 heteroatoms. The zero-order valence-corrected chi connectivity index (χ0v) is 15.7. The smallest absolute Gasteiger partial charge is 0.137 e. The van der Waals surface area contributed by atoms with Crippen molar-refractivity contribution in [3.05, 3.63) is 28.0 Å². The summed E-state index contributed by atoms with van der Waals surface area (Å²) in [5.41, 5.74) is 1.05. The van der Waals surface area contributed by atoms with E-state index >= 15 is 0 Å². The molecule has 1 heterocycles. The number of halogens is 2. The summed E-state index contributed by atoms with van der Waals surface area (Å²) in [6.45, 7) is 3.08. The third-order valence-electron chi connectivity index (χ3n) is 5.81. The first-order chi connectivity index (χ1) is 11.2. The predicted octanol–water partition coefficient (Wildman–Crippen LogP) is 6.53. The van der Waals surface area contributed by atoms with Crippen LogP contribution in [0.5, 0.6) is 5.75 Å². The van der Waals surface area contributed by atoms with E-state index in [4.69, 9.17) is 4.74 Å². The maximum atomic E-state index is 13.8. The highest BCUT2D eigenvalue weighted by atomic mass is 79.9. The quantitative estimate of drug-likeness (QED) is 0.526. The normalized spacial score (nSPS) is 27.3. The summed E-state index contributed by atoms with van der Waals surface area (Å²) in [6, 6.07) is 3.44. The van der Waals surface area contributed by atoms with Gasteiger partial charge in [0.2, 0.25) is 0 Å². The van der Waals surface area contributed by atoms with Crippen LogP contribution < -0.4 is 4.74 Å². The highest BCUT2D eigenvalue weighted by Gasteiger charge is 2.31. The van der Waals surface area contributed by atoms with Crippen molar-refractivity contribution in [3.63, 3.8) is 0 Å². The van der Waals surface area contributed by atoms with Crippen LogP contribution in [0, 0.1) is 23.6 Å². The van der Waals surface area contributed by atoms with E-state index in [9.17, 15) is 4.39 Å². The summed E-state index contributed by atoms with van der Waals surface area (Å²) in [4.78, 5) is 0. The Kier molecular flexibility index (Phi) is 6.01. The molecule has 0 amide bonds. The molecule has 1 atom stereocenters. The highest BCUT2D eigenvalue weighted by Crippen LogP contribution is 2.40. The molecule has 1 aromatic carbocycles. The van der Waals surface area contributed by atoms with Gasteiger partial charge in [-0.25, -0.2) is 4.39 Å². The lowest BCUT2D eigenvalue weighted by molar-refractivity contribution is 0.125. The molecular weight excluding hydrogens is 355 g/mol. The van der Waals surface area contributed by atoms with E-state index in [1.54, 1.807) is 12.1 Å². The predicted molar refractivity (Wildman–Crippen MR) is 96.4 cm³/mol. The SMILES string of the molecule is CCCCCC1CCC(C2COc3cc(Br)c(F)cc3C2)CC1. The second-order valence-electron chi connectivity index (χ2n) is 7.43. The van der Waals surface area contributed by atoms with Crippen molar-refractivity contribution in [3.8, 4) is 5.75 Å². The molecule has 1 aliphatic carbocycles. The van der Waals surface area contributed by atoms with E-state index in [-0.39, 0.29) is 5.82 Å². The molecule has 0 bridgehead atoms. The third kappa shape index (κ3) is 4.29. The van der Waals surface area contributed by atoms with E-state index in [0.717, 1.165) is 36.2 Å². The Balaban J connectivity index is 1.53. The van der Waals surface area contributed by atoms with Crippen LogP contribution in [0.3, 0.4) is 0 Å². The molecule has 1 nitrogen and oxygen atoms in total. The molecule has 1 saturated carbocycles. The van der Waals surface area contributed by atoms with Crippen LogP contribution >= 0.6 is 15.9 Å². The van der Waals surface area contributed by atoms with Crippen LogP contribution in [-0.2, 0) is 6.42 Å². The number of rotatable bonds is 5. The number of unbranched alkanes of at least 4 members (excludes halogenated alkanes) is 2. The third-order valence-corrected chi connectivity index (χ3v) is 6.42. The van der Waals surface area contributed by atoms with Gasteiger partial charge in [-0.2, -0.15) is 0 Å². The fraction of sp³-hybridized carbons (Fsp3) is 0.700. The Morgan fingerprint density at radius 1 is 1.13 bits per heavy atom. The Bertz CT molecular complexity index is 523. The second kappa shape index (κ2) is 8.00. The van der Waals surface area contributed by atoms with Gasteiger partial charge in [-0.05, 0) is 70.6 Å². The molecule has 1 fully saturated rings. The molecule has 1 aliphatic heterocycles. The van der Waals surface area contributed by atoms with Crippen LogP contribution in [0.4, 0.5) is 4.39 Å². The standard InChI is InChI=1S/C20H28BrFO/c1-2-3-4-5-14-6-8-15(9-7-14)17-10-16-11-19(22)18(21)12-20(16)23-13-17/h11-12,14-15,17H,2-10,13H2,1H3. The van der Waals surface area contributed by atoms with Gasteiger partial charge in [0.05, 0.1) is 11.1 Å². The lowest BCUT2D eigenvalue weighted by atomic mass is 9.72. The van der Waals surface area contributed by atoms with Gasteiger partial charge in [0.15, 0.2) is 0 Å². The average Bonchev–Trinajstić information content (AvgIpc) is 2.56. The van der Waals surface area contributed by atoms with Crippen LogP contribution in [0.2, 0.25) is 0 Å². The minimum atomic E-state index is -0.173. The van der Waals surface area contributed by atoms with E-state index in [1.807, 2.05) is 0 Å². The molecule has 1 unspecified atom stereocenters. The lowest BCUT2D eigenvalue weighted by Crippen LogP contribution is -2.30. The van der Waals surface area contributed by atoms with E-state index in [0.29, 0.717) is 10.4 Å². The number of hydrogen-bond acceptors (Lipinski definition) is 1. The Morgan fingerprint density at radius 3 is 2.65 bits per heavy atom. The van der Waals surface area contributed by atoms with Crippen molar-refractivity contribution in [2.45, 2.75) is 64.7 Å². The van der Waals surface area contributed by atoms with Crippen molar-refractivity contribution in [1.82, 2.24) is 0 Å². The van der Waals surface area contributed by atoms with E-state index in [2.05, 4.69) is 22.9 Å². The Morgan fingerprint density at radius 2 is 1.91 bits per heavy atom. The molecule has 23 heavy (non-hydrogen) atoms. The number of hydrogen-bond donors (Lipinski definition) is 0. The van der Waals surface area contributed by atoms with Crippen molar-refractivity contribution < 1.29 is 9.13 Å². The van der Waals surface area contributed by atoms with Crippen LogP contribution in [-0.4, -0.2) is 6.61 Å². The summed E-state index contributed by atoms with van der Waals surface area (Å²) in [5, 5.41) is 0. The first kappa shape index (κ1) is 17.3. The summed E-state index contributed by atoms with van der Waals surface area (Å²) in [5.74, 6) is 2.97. The molecule has 0 N–H and O–H groups in total. The van der Waals surface area contributed by atoms with Crippen molar-refractivity contribution in [1.29, 1.82) is 0 Å². The fourth-order valence-corrected chi connectivity index (χ4v) is 4.66. The van der Waals surface area contributed by atoms with Gasteiger partial charge in [0.1, 0.15) is 11.6 Å². The van der Waals surface area contributed by atoms with Gasteiger partial charge in [-0.1, -0.05) is 45.4 Å².